The summed E-state index contributed by atoms with van der Waals surface area (Å²) < 4.78 is 39.4. The number of aliphatic hydroxyl groups is 1. The molecule has 4 heteroatoms. The first-order valence-electron chi connectivity index (χ1n) is 5.80. The Labute approximate surface area is 109 Å². The Balaban J connectivity index is 2.66. The van der Waals surface area contributed by atoms with Gasteiger partial charge in [0.1, 0.15) is 0 Å². The minimum absolute atomic E-state index is 0.0963. The number of aliphatic hydroxyl groups excluding tert-OH is 1. The lowest BCUT2D eigenvalue weighted by molar-refractivity contribution is -0.138. The Kier molecular flexibility index (Phi) is 3.62. The molecule has 2 aromatic rings. The third kappa shape index (κ3) is 2.79. The predicted octanol–water partition coefficient (Wildman–Crippen LogP) is 4.17. The number of benzene rings is 2. The van der Waals surface area contributed by atoms with Crippen LogP contribution in [0.4, 0.5) is 13.2 Å². The molecule has 0 unspecified atom stereocenters. The van der Waals surface area contributed by atoms with Gasteiger partial charge in [-0.1, -0.05) is 48.0 Å². The molecule has 0 aliphatic carbocycles. The molecule has 19 heavy (non-hydrogen) atoms. The van der Waals surface area contributed by atoms with Crippen LogP contribution < -0.4 is 0 Å². The van der Waals surface area contributed by atoms with Gasteiger partial charge in [-0.15, -0.1) is 0 Å². The van der Waals surface area contributed by atoms with Crippen LogP contribution in [0.5, 0.6) is 0 Å². The van der Waals surface area contributed by atoms with Crippen LogP contribution in [0.3, 0.4) is 0 Å². The molecule has 0 radical (unpaired) electrons. The Hall–Kier alpha value is -1.81. The summed E-state index contributed by atoms with van der Waals surface area (Å²) in [4.78, 5) is 0. The maximum atomic E-state index is 13.1. The largest absolute Gasteiger partial charge is 0.417 e. The summed E-state index contributed by atoms with van der Waals surface area (Å²) in [7, 11) is 0. The maximum absolute atomic E-state index is 13.1. The van der Waals surface area contributed by atoms with E-state index in [-0.39, 0.29) is 11.1 Å². The van der Waals surface area contributed by atoms with Crippen molar-refractivity contribution in [3.8, 4) is 11.1 Å². The van der Waals surface area contributed by atoms with Gasteiger partial charge in [0.2, 0.25) is 0 Å². The van der Waals surface area contributed by atoms with E-state index < -0.39 is 18.3 Å². The Morgan fingerprint density at radius 3 is 2.16 bits per heavy atom. The topological polar surface area (TPSA) is 20.2 Å². The number of rotatable bonds is 2. The molecule has 2 rings (SSSR count). The van der Waals surface area contributed by atoms with E-state index in [4.69, 9.17) is 5.11 Å². The van der Waals surface area contributed by atoms with Crippen molar-refractivity contribution < 1.29 is 18.3 Å². The van der Waals surface area contributed by atoms with Crippen molar-refractivity contribution in [2.24, 2.45) is 0 Å². The normalized spacial score (nSPS) is 11.6. The van der Waals surface area contributed by atoms with E-state index in [0.29, 0.717) is 5.56 Å². The van der Waals surface area contributed by atoms with E-state index in [1.807, 2.05) is 6.92 Å². The van der Waals surface area contributed by atoms with E-state index >= 15 is 0 Å². The van der Waals surface area contributed by atoms with Gasteiger partial charge in [-0.2, -0.15) is 13.2 Å². The molecule has 0 saturated heterocycles. The van der Waals surface area contributed by atoms with Gasteiger partial charge in [-0.25, -0.2) is 0 Å². The SMILES string of the molecule is Cc1ccc(-c2cccc(CO)c2C(F)(F)F)cc1. The summed E-state index contributed by atoms with van der Waals surface area (Å²) in [5.41, 5.74) is 0.704. The third-order valence-corrected chi connectivity index (χ3v) is 2.97. The molecule has 0 atom stereocenters. The molecule has 2 aromatic carbocycles. The van der Waals surface area contributed by atoms with Crippen LogP contribution >= 0.6 is 0 Å². The monoisotopic (exact) mass is 266 g/mol. The van der Waals surface area contributed by atoms with Crippen LogP contribution in [-0.2, 0) is 12.8 Å². The molecule has 0 amide bonds. The highest BCUT2D eigenvalue weighted by molar-refractivity contribution is 5.69. The minimum Gasteiger partial charge on any atom is -0.392 e. The lowest BCUT2D eigenvalue weighted by atomic mass is 9.94. The van der Waals surface area contributed by atoms with Gasteiger partial charge in [0.25, 0.3) is 0 Å². The second kappa shape index (κ2) is 5.05. The molecule has 1 N–H and O–H groups in total. The molecule has 100 valence electrons. The van der Waals surface area contributed by atoms with Gasteiger partial charge in [-0.05, 0) is 23.6 Å². The highest BCUT2D eigenvalue weighted by Crippen LogP contribution is 2.39. The Bertz CT molecular complexity index is 571. The lowest BCUT2D eigenvalue weighted by Crippen LogP contribution is -2.11. The molecule has 0 fully saturated rings. The molecule has 0 aliphatic rings. The van der Waals surface area contributed by atoms with Crippen molar-refractivity contribution in [3.63, 3.8) is 0 Å². The van der Waals surface area contributed by atoms with Gasteiger partial charge in [0, 0.05) is 0 Å². The second-order valence-corrected chi connectivity index (χ2v) is 4.36. The quantitative estimate of drug-likeness (QED) is 0.864. The molecule has 0 bridgehead atoms. The van der Waals surface area contributed by atoms with E-state index in [1.54, 1.807) is 24.3 Å². The fourth-order valence-electron chi connectivity index (χ4n) is 2.04. The van der Waals surface area contributed by atoms with Crippen LogP contribution in [0.25, 0.3) is 11.1 Å². The van der Waals surface area contributed by atoms with Crippen LogP contribution in [-0.4, -0.2) is 5.11 Å². The van der Waals surface area contributed by atoms with Crippen molar-refractivity contribution >= 4 is 0 Å². The minimum atomic E-state index is -4.49. The Morgan fingerprint density at radius 2 is 1.63 bits per heavy atom. The van der Waals surface area contributed by atoms with E-state index in [0.717, 1.165) is 5.56 Å². The average molecular weight is 266 g/mol. The number of hydrogen-bond donors (Lipinski definition) is 1. The van der Waals surface area contributed by atoms with Gasteiger partial charge >= 0.3 is 6.18 Å². The summed E-state index contributed by atoms with van der Waals surface area (Å²) >= 11 is 0. The molecule has 0 aromatic heterocycles. The van der Waals surface area contributed by atoms with Gasteiger partial charge in [-0.3, -0.25) is 0 Å². The lowest BCUT2D eigenvalue weighted by Gasteiger charge is -2.16. The predicted molar refractivity (Wildman–Crippen MR) is 67.5 cm³/mol. The zero-order valence-electron chi connectivity index (χ0n) is 10.3. The second-order valence-electron chi connectivity index (χ2n) is 4.36. The standard InChI is InChI=1S/C15H13F3O/c1-10-5-7-11(8-6-10)13-4-2-3-12(9-19)14(13)15(16,17)18/h2-8,19H,9H2,1H3. The summed E-state index contributed by atoms with van der Waals surface area (Å²) in [6, 6.07) is 11.1. The summed E-state index contributed by atoms with van der Waals surface area (Å²) in [6.45, 7) is 1.24. The van der Waals surface area contributed by atoms with E-state index in [9.17, 15) is 13.2 Å². The molecule has 0 spiro atoms. The zero-order valence-corrected chi connectivity index (χ0v) is 10.3. The van der Waals surface area contributed by atoms with Crippen molar-refractivity contribution in [1.82, 2.24) is 0 Å². The third-order valence-electron chi connectivity index (χ3n) is 2.97. The maximum Gasteiger partial charge on any atom is 0.417 e. The van der Waals surface area contributed by atoms with Gasteiger partial charge < -0.3 is 5.11 Å². The Morgan fingerprint density at radius 1 is 1.00 bits per heavy atom. The molecule has 0 heterocycles. The van der Waals surface area contributed by atoms with Crippen LogP contribution in [0.1, 0.15) is 16.7 Å². The highest BCUT2D eigenvalue weighted by atomic mass is 19.4. The summed E-state index contributed by atoms with van der Waals surface area (Å²) in [5, 5.41) is 9.10. The molecule has 0 saturated carbocycles. The van der Waals surface area contributed by atoms with E-state index in [1.165, 1.54) is 18.2 Å². The van der Waals surface area contributed by atoms with Crippen molar-refractivity contribution in [3.05, 3.63) is 59.2 Å². The van der Waals surface area contributed by atoms with Crippen LogP contribution in [0.15, 0.2) is 42.5 Å². The number of aryl methyl sites for hydroxylation is 1. The van der Waals surface area contributed by atoms with E-state index in [2.05, 4.69) is 0 Å². The van der Waals surface area contributed by atoms with Crippen molar-refractivity contribution in [2.45, 2.75) is 19.7 Å². The smallest absolute Gasteiger partial charge is 0.392 e. The molecule has 1 nitrogen and oxygen atoms in total. The average Bonchev–Trinajstić information content (AvgIpc) is 2.37. The first-order valence-corrected chi connectivity index (χ1v) is 5.80. The summed E-state index contributed by atoms with van der Waals surface area (Å²) in [5.74, 6) is 0. The number of halogens is 3. The van der Waals surface area contributed by atoms with Crippen LogP contribution in [0, 0.1) is 6.92 Å². The number of alkyl halides is 3. The fraction of sp³-hybridized carbons (Fsp3) is 0.200. The van der Waals surface area contributed by atoms with Crippen molar-refractivity contribution in [1.29, 1.82) is 0 Å². The fourth-order valence-corrected chi connectivity index (χ4v) is 2.04. The van der Waals surface area contributed by atoms with Gasteiger partial charge in [0.05, 0.1) is 12.2 Å². The molecular weight excluding hydrogens is 253 g/mol. The van der Waals surface area contributed by atoms with Crippen molar-refractivity contribution in [2.75, 3.05) is 0 Å². The first kappa shape index (κ1) is 13.6. The number of hydrogen-bond acceptors (Lipinski definition) is 1. The first-order chi connectivity index (χ1) is 8.93. The molecule has 0 aliphatic heterocycles. The van der Waals surface area contributed by atoms with Crippen LogP contribution in [0.2, 0.25) is 0 Å². The zero-order chi connectivity index (χ0) is 14.0. The highest BCUT2D eigenvalue weighted by Gasteiger charge is 2.36. The van der Waals surface area contributed by atoms with Gasteiger partial charge in [0.15, 0.2) is 0 Å². The molecular formula is C15H13F3O. The summed E-state index contributed by atoms with van der Waals surface area (Å²) in [6.07, 6.45) is -4.49.